The largest absolute Gasteiger partial charge is 0.395 e. The number of nitrogens with zero attached hydrogens (tertiary/aromatic N) is 3. The zero-order valence-corrected chi connectivity index (χ0v) is 17.5. The van der Waals surface area contributed by atoms with Crippen LogP contribution >= 0.6 is 23.1 Å². The van der Waals surface area contributed by atoms with E-state index in [4.69, 9.17) is 14.7 Å². The van der Waals surface area contributed by atoms with Gasteiger partial charge in [-0.1, -0.05) is 0 Å². The minimum atomic E-state index is 0.115. The highest BCUT2D eigenvalue weighted by Crippen LogP contribution is 2.34. The van der Waals surface area contributed by atoms with Gasteiger partial charge in [-0.3, -0.25) is 4.90 Å². The molecule has 0 amide bonds. The number of thioether (sulfide) groups is 1. The lowest BCUT2D eigenvalue weighted by Crippen LogP contribution is -2.36. The fourth-order valence-electron chi connectivity index (χ4n) is 3.17. The fraction of sp³-hybridized carbons (Fsp3) is 0.667. The number of rotatable bonds is 7. The third kappa shape index (κ3) is 4.31. The Morgan fingerprint density at radius 3 is 2.69 bits per heavy atom. The number of ether oxygens (including phenoxy) is 1. The number of hydrogen-bond donors (Lipinski definition) is 2. The van der Waals surface area contributed by atoms with Crippen molar-refractivity contribution in [2.45, 2.75) is 38.6 Å². The molecule has 3 heterocycles. The molecule has 2 N–H and O–H groups in total. The number of aromatic nitrogens is 2. The summed E-state index contributed by atoms with van der Waals surface area (Å²) in [4.78, 5) is 14.4. The zero-order chi connectivity index (χ0) is 18.7. The number of aryl methyl sites for hydroxylation is 2. The van der Waals surface area contributed by atoms with Gasteiger partial charge in [-0.25, -0.2) is 9.97 Å². The molecule has 0 spiro atoms. The Morgan fingerprint density at radius 1 is 1.31 bits per heavy atom. The Bertz CT molecular complexity index is 742. The highest BCUT2D eigenvalue weighted by Gasteiger charge is 2.21. The summed E-state index contributed by atoms with van der Waals surface area (Å²) in [6.45, 7) is 10.6. The maximum absolute atomic E-state index is 9.61. The van der Waals surface area contributed by atoms with Crippen LogP contribution in [0.5, 0.6) is 0 Å². The van der Waals surface area contributed by atoms with Crippen LogP contribution in [0.25, 0.3) is 10.2 Å². The quantitative estimate of drug-likeness (QED) is 0.745. The number of aliphatic hydroxyl groups excluding tert-OH is 1. The summed E-state index contributed by atoms with van der Waals surface area (Å²) in [7, 11) is 0. The molecule has 2 aromatic heterocycles. The highest BCUT2D eigenvalue weighted by molar-refractivity contribution is 7.99. The van der Waals surface area contributed by atoms with Crippen LogP contribution in [0.3, 0.4) is 0 Å². The lowest BCUT2D eigenvalue weighted by Gasteiger charge is -2.26. The molecule has 3 rings (SSSR count). The van der Waals surface area contributed by atoms with Crippen molar-refractivity contribution in [1.82, 2.24) is 14.9 Å². The number of fused-ring (bicyclic) bond motifs is 1. The van der Waals surface area contributed by atoms with Crippen molar-refractivity contribution < 1.29 is 9.84 Å². The second-order valence-electron chi connectivity index (χ2n) is 6.73. The molecular weight excluding hydrogens is 368 g/mol. The van der Waals surface area contributed by atoms with Crippen molar-refractivity contribution in [2.24, 2.45) is 0 Å². The van der Waals surface area contributed by atoms with Gasteiger partial charge in [-0.2, -0.15) is 11.8 Å². The van der Waals surface area contributed by atoms with Gasteiger partial charge in [0.1, 0.15) is 16.5 Å². The molecule has 1 aliphatic rings. The van der Waals surface area contributed by atoms with Crippen LogP contribution in [0, 0.1) is 13.8 Å². The number of thiophene rings is 1. The SMILES string of the molecule is CSC(CO)C(C)Nc1nc(CN2CCOCC2)nc2sc(C)c(C)c12. The van der Waals surface area contributed by atoms with Crippen LogP contribution in [-0.2, 0) is 11.3 Å². The first kappa shape index (κ1) is 19.8. The van der Waals surface area contributed by atoms with Crippen molar-refractivity contribution >= 4 is 39.1 Å². The maximum atomic E-state index is 9.61. The van der Waals surface area contributed by atoms with Gasteiger partial charge in [0.05, 0.1) is 31.8 Å². The molecule has 2 unspecified atom stereocenters. The minimum absolute atomic E-state index is 0.115. The molecule has 6 nitrogen and oxygen atoms in total. The predicted octanol–water partition coefficient (Wildman–Crippen LogP) is 2.66. The summed E-state index contributed by atoms with van der Waals surface area (Å²) in [6.07, 6.45) is 2.03. The molecule has 2 aromatic rings. The number of hydrogen-bond acceptors (Lipinski definition) is 8. The Kier molecular flexibility index (Phi) is 6.74. The molecule has 0 aromatic carbocycles. The predicted molar refractivity (Wildman–Crippen MR) is 110 cm³/mol. The van der Waals surface area contributed by atoms with Crippen LogP contribution in [0.4, 0.5) is 5.82 Å². The van der Waals surface area contributed by atoms with Gasteiger partial charge in [-0.15, -0.1) is 11.3 Å². The van der Waals surface area contributed by atoms with E-state index in [2.05, 4.69) is 31.0 Å². The topological polar surface area (TPSA) is 70.5 Å². The molecule has 8 heteroatoms. The standard InChI is InChI=1S/C18H28N4O2S2/c1-11-13(3)26-18-16(11)17(19-12(2)14(10-23)25-4)20-15(21-18)9-22-5-7-24-8-6-22/h12,14,23H,5-10H2,1-4H3,(H,19,20,21). The molecule has 144 valence electrons. The number of nitrogens with one attached hydrogen (secondary N) is 1. The first-order valence-corrected chi connectivity index (χ1v) is 11.1. The molecule has 26 heavy (non-hydrogen) atoms. The summed E-state index contributed by atoms with van der Waals surface area (Å²) >= 11 is 3.40. The average molecular weight is 397 g/mol. The van der Waals surface area contributed by atoms with Crippen molar-refractivity contribution in [1.29, 1.82) is 0 Å². The first-order valence-electron chi connectivity index (χ1n) is 9.00. The maximum Gasteiger partial charge on any atom is 0.146 e. The molecule has 1 aliphatic heterocycles. The Morgan fingerprint density at radius 2 is 2.04 bits per heavy atom. The van der Waals surface area contributed by atoms with Gasteiger partial charge in [-0.05, 0) is 32.6 Å². The molecular formula is C18H28N4O2S2. The van der Waals surface area contributed by atoms with E-state index in [1.807, 2.05) is 6.26 Å². The summed E-state index contributed by atoms with van der Waals surface area (Å²) < 4.78 is 5.44. The van der Waals surface area contributed by atoms with Gasteiger partial charge in [0.15, 0.2) is 0 Å². The summed E-state index contributed by atoms with van der Waals surface area (Å²) in [5, 5.41) is 14.4. The number of aliphatic hydroxyl groups is 1. The smallest absolute Gasteiger partial charge is 0.146 e. The molecule has 0 saturated carbocycles. The fourth-order valence-corrected chi connectivity index (χ4v) is 4.85. The van der Waals surface area contributed by atoms with E-state index in [-0.39, 0.29) is 17.9 Å². The van der Waals surface area contributed by atoms with E-state index in [9.17, 15) is 5.11 Å². The first-order chi connectivity index (χ1) is 12.5. The van der Waals surface area contributed by atoms with E-state index in [1.165, 1.54) is 10.4 Å². The lowest BCUT2D eigenvalue weighted by molar-refractivity contribution is 0.0331. The van der Waals surface area contributed by atoms with Crippen molar-refractivity contribution in [3.8, 4) is 0 Å². The Labute approximate surface area is 163 Å². The normalized spacial score (nSPS) is 18.2. The van der Waals surface area contributed by atoms with E-state index in [1.54, 1.807) is 23.1 Å². The lowest BCUT2D eigenvalue weighted by atomic mass is 10.2. The summed E-state index contributed by atoms with van der Waals surface area (Å²) in [6, 6.07) is 0.115. The van der Waals surface area contributed by atoms with Crippen molar-refractivity contribution in [3.63, 3.8) is 0 Å². The minimum Gasteiger partial charge on any atom is -0.395 e. The van der Waals surface area contributed by atoms with Crippen LogP contribution < -0.4 is 5.32 Å². The summed E-state index contributed by atoms with van der Waals surface area (Å²) in [5.74, 6) is 1.74. The van der Waals surface area contributed by atoms with E-state index in [0.717, 1.165) is 54.7 Å². The third-order valence-corrected chi connectivity index (χ3v) is 7.21. The average Bonchev–Trinajstić information content (AvgIpc) is 2.91. The van der Waals surface area contributed by atoms with Crippen LogP contribution in [0.1, 0.15) is 23.2 Å². The Hall–Kier alpha value is -0.930. The van der Waals surface area contributed by atoms with Gasteiger partial charge in [0.25, 0.3) is 0 Å². The number of morpholine rings is 1. The molecule has 0 aliphatic carbocycles. The monoisotopic (exact) mass is 396 g/mol. The van der Waals surface area contributed by atoms with Crippen molar-refractivity contribution in [2.75, 3.05) is 44.5 Å². The second-order valence-corrected chi connectivity index (χ2v) is 9.01. The molecule has 2 atom stereocenters. The Balaban J connectivity index is 1.92. The summed E-state index contributed by atoms with van der Waals surface area (Å²) in [5.41, 5.74) is 1.24. The van der Waals surface area contributed by atoms with Gasteiger partial charge >= 0.3 is 0 Å². The van der Waals surface area contributed by atoms with Gasteiger partial charge in [0.2, 0.25) is 0 Å². The molecule has 0 radical (unpaired) electrons. The second kappa shape index (κ2) is 8.84. The third-order valence-electron chi connectivity index (χ3n) is 4.95. The zero-order valence-electron chi connectivity index (χ0n) is 15.9. The van der Waals surface area contributed by atoms with E-state index in [0.29, 0.717) is 0 Å². The van der Waals surface area contributed by atoms with Crippen LogP contribution in [0.2, 0.25) is 0 Å². The number of anilines is 1. The van der Waals surface area contributed by atoms with E-state index < -0.39 is 0 Å². The van der Waals surface area contributed by atoms with Crippen LogP contribution in [0.15, 0.2) is 0 Å². The van der Waals surface area contributed by atoms with Crippen LogP contribution in [-0.4, -0.2) is 70.4 Å². The van der Waals surface area contributed by atoms with E-state index >= 15 is 0 Å². The van der Waals surface area contributed by atoms with Gasteiger partial charge < -0.3 is 15.2 Å². The van der Waals surface area contributed by atoms with Crippen molar-refractivity contribution in [3.05, 3.63) is 16.3 Å². The molecule has 0 bridgehead atoms. The van der Waals surface area contributed by atoms with Gasteiger partial charge in [0, 0.05) is 29.3 Å². The highest BCUT2D eigenvalue weighted by atomic mass is 32.2. The molecule has 1 fully saturated rings. The molecule has 1 saturated heterocycles.